The number of hydrogen-bond acceptors (Lipinski definition) is 4. The van der Waals surface area contributed by atoms with E-state index in [4.69, 9.17) is 0 Å². The van der Waals surface area contributed by atoms with E-state index in [1.165, 1.54) is 12.8 Å². The Morgan fingerprint density at radius 2 is 0.800 bits per heavy atom. The third-order valence-corrected chi connectivity index (χ3v) is 5.18. The number of hydrogen-bond donors (Lipinski definition) is 4. The zero-order valence-electron chi connectivity index (χ0n) is 13.7. The van der Waals surface area contributed by atoms with Crippen LogP contribution in [0.15, 0.2) is 0 Å². The molecule has 0 radical (unpaired) electrons. The van der Waals surface area contributed by atoms with Crippen LogP contribution < -0.4 is 21.3 Å². The normalized spacial score (nSPS) is 40.2. The Morgan fingerprint density at radius 1 is 0.550 bits per heavy atom. The molecule has 0 heterocycles. The summed E-state index contributed by atoms with van der Waals surface area (Å²) in [5.41, 5.74) is 0. The second-order valence-electron chi connectivity index (χ2n) is 6.28. The van der Waals surface area contributed by atoms with Crippen LogP contribution in [0.25, 0.3) is 0 Å². The van der Waals surface area contributed by atoms with Crippen LogP contribution in [0.2, 0.25) is 0 Å². The molecule has 0 aromatic carbocycles. The molecule has 2 saturated carbocycles. The molecule has 20 heavy (non-hydrogen) atoms. The maximum atomic E-state index is 3.75. The highest BCUT2D eigenvalue weighted by molar-refractivity contribution is 5.12. The molecule has 0 aromatic rings. The largest absolute Gasteiger partial charge is 0.314 e. The molecule has 2 rings (SSSR count). The monoisotopic (exact) mass is 282 g/mol. The minimum atomic E-state index is 0.668. The fraction of sp³-hybridized carbons (Fsp3) is 1.00. The van der Waals surface area contributed by atoms with Crippen molar-refractivity contribution in [1.29, 1.82) is 0 Å². The highest BCUT2D eigenvalue weighted by Crippen LogP contribution is 2.44. The topological polar surface area (TPSA) is 48.1 Å². The van der Waals surface area contributed by atoms with Gasteiger partial charge in [0.05, 0.1) is 0 Å². The Labute approximate surface area is 124 Å². The van der Waals surface area contributed by atoms with E-state index < -0.39 is 0 Å². The van der Waals surface area contributed by atoms with Crippen molar-refractivity contribution in [2.45, 2.75) is 64.7 Å². The van der Waals surface area contributed by atoms with E-state index in [-0.39, 0.29) is 0 Å². The summed E-state index contributed by atoms with van der Waals surface area (Å²) in [6, 6.07) is 2.67. The summed E-state index contributed by atoms with van der Waals surface area (Å²) in [4.78, 5) is 0. The summed E-state index contributed by atoms with van der Waals surface area (Å²) in [6.07, 6.45) is 2.56. The number of fused-ring (bicyclic) bond motifs is 1. The van der Waals surface area contributed by atoms with Crippen LogP contribution in [0.4, 0.5) is 0 Å². The highest BCUT2D eigenvalue weighted by atomic mass is 15.1. The van der Waals surface area contributed by atoms with E-state index in [1.807, 2.05) is 0 Å². The van der Waals surface area contributed by atoms with Crippen LogP contribution in [0.5, 0.6) is 0 Å². The van der Waals surface area contributed by atoms with Crippen molar-refractivity contribution in [3.05, 3.63) is 0 Å². The molecule has 0 aromatic heterocycles. The van der Waals surface area contributed by atoms with Crippen molar-refractivity contribution in [2.24, 2.45) is 11.8 Å². The predicted octanol–water partition coefficient (Wildman–Crippen LogP) is 0.939. The number of rotatable bonds is 8. The summed E-state index contributed by atoms with van der Waals surface area (Å²) in [6.45, 7) is 13.2. The van der Waals surface area contributed by atoms with Crippen LogP contribution in [0, 0.1) is 11.8 Å². The lowest BCUT2D eigenvalue weighted by atomic mass is 9.91. The molecule has 4 heteroatoms. The molecule has 6 atom stereocenters. The molecule has 2 aliphatic rings. The maximum Gasteiger partial charge on any atom is 0.0129 e. The van der Waals surface area contributed by atoms with Crippen LogP contribution in [-0.4, -0.2) is 50.3 Å². The minimum absolute atomic E-state index is 0.668. The van der Waals surface area contributed by atoms with Gasteiger partial charge in [0.2, 0.25) is 0 Å². The van der Waals surface area contributed by atoms with E-state index in [0.717, 1.165) is 38.0 Å². The molecule has 0 aliphatic heterocycles. The van der Waals surface area contributed by atoms with Crippen molar-refractivity contribution in [2.75, 3.05) is 26.2 Å². The average Bonchev–Trinajstić information content (AvgIpc) is 2.93. The van der Waals surface area contributed by atoms with Gasteiger partial charge >= 0.3 is 0 Å². The Balaban J connectivity index is 2.15. The van der Waals surface area contributed by atoms with Crippen LogP contribution in [0.3, 0.4) is 0 Å². The van der Waals surface area contributed by atoms with Crippen molar-refractivity contribution >= 4 is 0 Å². The third kappa shape index (κ3) is 3.19. The second-order valence-corrected chi connectivity index (χ2v) is 6.28. The second kappa shape index (κ2) is 7.74. The van der Waals surface area contributed by atoms with Gasteiger partial charge in [0.25, 0.3) is 0 Å². The van der Waals surface area contributed by atoms with Crippen LogP contribution in [0.1, 0.15) is 40.5 Å². The molecule has 0 spiro atoms. The lowest BCUT2D eigenvalue weighted by Crippen LogP contribution is -2.44. The molecule has 2 unspecified atom stereocenters. The van der Waals surface area contributed by atoms with Gasteiger partial charge in [0.1, 0.15) is 0 Å². The van der Waals surface area contributed by atoms with Crippen molar-refractivity contribution in [3.8, 4) is 0 Å². The van der Waals surface area contributed by atoms with Gasteiger partial charge in [-0.25, -0.2) is 0 Å². The lowest BCUT2D eigenvalue weighted by Gasteiger charge is -2.27. The molecular formula is C16H34N4. The fourth-order valence-electron chi connectivity index (χ4n) is 4.74. The summed E-state index contributed by atoms with van der Waals surface area (Å²) >= 11 is 0. The van der Waals surface area contributed by atoms with Gasteiger partial charge in [-0.2, -0.15) is 0 Å². The maximum absolute atomic E-state index is 3.75. The third-order valence-electron chi connectivity index (χ3n) is 5.18. The Kier molecular flexibility index (Phi) is 6.27. The molecule has 0 bridgehead atoms. The Bertz CT molecular complexity index is 232. The van der Waals surface area contributed by atoms with Crippen molar-refractivity contribution in [3.63, 3.8) is 0 Å². The molecule has 2 aliphatic carbocycles. The molecule has 0 amide bonds. The SMILES string of the molecule is CCN[C@H]1C[C@@H](NCC)C2C1[C@H](NCC)C[C@@H]2NCC. The Morgan fingerprint density at radius 3 is 1.00 bits per heavy atom. The first-order valence-electron chi connectivity index (χ1n) is 8.70. The zero-order valence-corrected chi connectivity index (χ0v) is 13.7. The summed E-state index contributed by atoms with van der Waals surface area (Å²) < 4.78 is 0. The Hall–Kier alpha value is -0.160. The first kappa shape index (κ1) is 16.2. The fourth-order valence-corrected chi connectivity index (χ4v) is 4.74. The molecule has 0 saturated heterocycles. The van der Waals surface area contributed by atoms with Crippen LogP contribution in [-0.2, 0) is 0 Å². The van der Waals surface area contributed by atoms with E-state index in [2.05, 4.69) is 49.0 Å². The van der Waals surface area contributed by atoms with Gasteiger partial charge in [-0.1, -0.05) is 27.7 Å². The van der Waals surface area contributed by atoms with Crippen molar-refractivity contribution < 1.29 is 0 Å². The van der Waals surface area contributed by atoms with Gasteiger partial charge in [-0.05, 0) is 50.9 Å². The molecule has 2 fully saturated rings. The summed E-state index contributed by atoms with van der Waals surface area (Å²) in [5, 5.41) is 15.0. The molecular weight excluding hydrogens is 248 g/mol. The predicted molar refractivity (Wildman–Crippen MR) is 86.1 cm³/mol. The highest BCUT2D eigenvalue weighted by Gasteiger charge is 2.54. The van der Waals surface area contributed by atoms with E-state index in [0.29, 0.717) is 24.2 Å². The van der Waals surface area contributed by atoms with Gasteiger partial charge in [-0.15, -0.1) is 0 Å². The summed E-state index contributed by atoms with van der Waals surface area (Å²) in [5.74, 6) is 1.53. The van der Waals surface area contributed by atoms with E-state index in [1.54, 1.807) is 0 Å². The zero-order chi connectivity index (χ0) is 14.5. The average molecular weight is 282 g/mol. The first-order valence-corrected chi connectivity index (χ1v) is 8.70. The molecule has 4 N–H and O–H groups in total. The van der Waals surface area contributed by atoms with Crippen molar-refractivity contribution in [1.82, 2.24) is 21.3 Å². The minimum Gasteiger partial charge on any atom is -0.314 e. The van der Waals surface area contributed by atoms with E-state index in [9.17, 15) is 0 Å². The van der Waals surface area contributed by atoms with E-state index >= 15 is 0 Å². The van der Waals surface area contributed by atoms with Crippen LogP contribution >= 0.6 is 0 Å². The number of nitrogens with one attached hydrogen (secondary N) is 4. The summed E-state index contributed by atoms with van der Waals surface area (Å²) in [7, 11) is 0. The smallest absolute Gasteiger partial charge is 0.0129 e. The molecule has 118 valence electrons. The first-order chi connectivity index (χ1) is 9.76. The molecule has 4 nitrogen and oxygen atoms in total. The van der Waals surface area contributed by atoms with Gasteiger partial charge in [0, 0.05) is 24.2 Å². The van der Waals surface area contributed by atoms with Gasteiger partial charge < -0.3 is 21.3 Å². The quantitative estimate of drug-likeness (QED) is 0.535. The van der Waals surface area contributed by atoms with Gasteiger partial charge in [0.15, 0.2) is 0 Å². The lowest BCUT2D eigenvalue weighted by molar-refractivity contribution is 0.282. The van der Waals surface area contributed by atoms with Gasteiger partial charge in [-0.3, -0.25) is 0 Å². The standard InChI is InChI=1S/C16H34N4/c1-5-17-11-9-12(18-6-2)16-14(20-8-4)10-13(15(11)16)19-7-3/h11-20H,5-10H2,1-4H3/t11-,12+,13+,14-,15?,16?.